The van der Waals surface area contributed by atoms with Crippen LogP contribution in [0.1, 0.15) is 23.4 Å². The van der Waals surface area contributed by atoms with Gasteiger partial charge in [-0.1, -0.05) is 24.3 Å². The number of fused-ring (bicyclic) bond motifs is 1. The van der Waals surface area contributed by atoms with E-state index in [9.17, 15) is 9.90 Å². The lowest BCUT2D eigenvalue weighted by molar-refractivity contribution is 0.0412. The standard InChI is InChI=1S/C15H19N5O2/c1-20-10-18-13(19-20)8-16-14(21)17-9-15(22)7-6-11-4-2-3-5-12(11)15/h2-5,10,22H,6-9H2,1H3,(H2,16,17,21). The Hall–Kier alpha value is -2.41. The minimum absolute atomic E-state index is 0.186. The second-order valence-corrected chi connectivity index (χ2v) is 5.56. The number of amides is 2. The third-order valence-electron chi connectivity index (χ3n) is 3.92. The van der Waals surface area contributed by atoms with E-state index in [-0.39, 0.29) is 19.1 Å². The number of aromatic nitrogens is 3. The quantitative estimate of drug-likeness (QED) is 0.764. The van der Waals surface area contributed by atoms with Gasteiger partial charge in [-0.3, -0.25) is 4.68 Å². The van der Waals surface area contributed by atoms with Gasteiger partial charge in [-0.25, -0.2) is 9.78 Å². The van der Waals surface area contributed by atoms with E-state index in [4.69, 9.17) is 0 Å². The highest BCUT2D eigenvalue weighted by atomic mass is 16.3. The number of hydrogen-bond acceptors (Lipinski definition) is 4. The van der Waals surface area contributed by atoms with Crippen molar-refractivity contribution in [1.82, 2.24) is 25.4 Å². The molecule has 1 heterocycles. The predicted octanol–water partition coefficient (Wildman–Crippen LogP) is 0.448. The number of carbonyl (C=O) groups is 1. The zero-order chi connectivity index (χ0) is 15.6. The van der Waals surface area contributed by atoms with Crippen LogP contribution >= 0.6 is 0 Å². The minimum atomic E-state index is -0.989. The molecule has 0 saturated carbocycles. The summed E-state index contributed by atoms with van der Waals surface area (Å²) in [7, 11) is 1.77. The molecule has 1 atom stereocenters. The smallest absolute Gasteiger partial charge is 0.315 e. The lowest BCUT2D eigenvalue weighted by atomic mass is 9.96. The molecule has 0 fully saturated rings. The minimum Gasteiger partial charge on any atom is -0.383 e. The van der Waals surface area contributed by atoms with Crippen molar-refractivity contribution in [1.29, 1.82) is 0 Å². The molecule has 22 heavy (non-hydrogen) atoms. The number of aliphatic hydroxyl groups is 1. The van der Waals surface area contributed by atoms with Crippen molar-refractivity contribution >= 4 is 6.03 Å². The summed E-state index contributed by atoms with van der Waals surface area (Å²) in [5.74, 6) is 0.544. The predicted molar refractivity (Wildman–Crippen MR) is 79.9 cm³/mol. The molecule has 3 rings (SSSR count). The zero-order valence-electron chi connectivity index (χ0n) is 12.4. The molecular formula is C15H19N5O2. The Kier molecular flexibility index (Phi) is 3.81. The van der Waals surface area contributed by atoms with Gasteiger partial charge < -0.3 is 15.7 Å². The van der Waals surface area contributed by atoms with Gasteiger partial charge >= 0.3 is 6.03 Å². The third-order valence-corrected chi connectivity index (χ3v) is 3.92. The summed E-state index contributed by atoms with van der Waals surface area (Å²) in [6, 6.07) is 7.46. The number of nitrogens with zero attached hydrogens (tertiary/aromatic N) is 3. The van der Waals surface area contributed by atoms with Gasteiger partial charge in [0.1, 0.15) is 11.9 Å². The highest BCUT2D eigenvalue weighted by molar-refractivity contribution is 5.73. The van der Waals surface area contributed by atoms with Gasteiger partial charge in [0.15, 0.2) is 5.82 Å². The summed E-state index contributed by atoms with van der Waals surface area (Å²) in [4.78, 5) is 15.9. The number of hydrogen-bond donors (Lipinski definition) is 3. The van der Waals surface area contributed by atoms with Gasteiger partial charge in [-0.2, -0.15) is 5.10 Å². The van der Waals surface area contributed by atoms with Crippen molar-refractivity contribution in [3.05, 3.63) is 47.5 Å². The second kappa shape index (κ2) is 5.76. The van der Waals surface area contributed by atoms with Crippen LogP contribution in [0.2, 0.25) is 0 Å². The van der Waals surface area contributed by atoms with Crippen LogP contribution in [-0.2, 0) is 25.6 Å². The molecule has 0 bridgehead atoms. The topological polar surface area (TPSA) is 92.1 Å². The van der Waals surface area contributed by atoms with Crippen LogP contribution in [0.3, 0.4) is 0 Å². The Morgan fingerprint density at radius 2 is 2.23 bits per heavy atom. The summed E-state index contributed by atoms with van der Waals surface area (Å²) >= 11 is 0. The van der Waals surface area contributed by atoms with Crippen molar-refractivity contribution in [3.63, 3.8) is 0 Å². The van der Waals surface area contributed by atoms with Crippen LogP contribution in [0.25, 0.3) is 0 Å². The molecule has 7 heteroatoms. The van der Waals surface area contributed by atoms with E-state index in [1.165, 1.54) is 0 Å². The molecule has 2 aromatic rings. The molecule has 1 aromatic carbocycles. The number of nitrogens with one attached hydrogen (secondary N) is 2. The van der Waals surface area contributed by atoms with Crippen LogP contribution in [0.4, 0.5) is 4.79 Å². The molecule has 1 aliphatic carbocycles. The Morgan fingerprint density at radius 3 is 3.00 bits per heavy atom. The van der Waals surface area contributed by atoms with E-state index in [2.05, 4.69) is 20.7 Å². The molecule has 3 N–H and O–H groups in total. The molecule has 0 radical (unpaired) electrons. The van der Waals surface area contributed by atoms with E-state index in [0.29, 0.717) is 12.2 Å². The van der Waals surface area contributed by atoms with Gasteiger partial charge in [0.25, 0.3) is 0 Å². The maximum atomic E-state index is 11.8. The fourth-order valence-corrected chi connectivity index (χ4v) is 2.77. The Bertz CT molecular complexity index is 684. The number of rotatable bonds is 4. The van der Waals surface area contributed by atoms with Gasteiger partial charge in [0, 0.05) is 7.05 Å². The van der Waals surface area contributed by atoms with Crippen LogP contribution in [0.15, 0.2) is 30.6 Å². The first kappa shape index (κ1) is 14.5. The monoisotopic (exact) mass is 301 g/mol. The molecule has 1 unspecified atom stereocenters. The molecule has 7 nitrogen and oxygen atoms in total. The zero-order valence-corrected chi connectivity index (χ0v) is 12.4. The van der Waals surface area contributed by atoms with Crippen molar-refractivity contribution in [2.75, 3.05) is 6.54 Å². The van der Waals surface area contributed by atoms with E-state index >= 15 is 0 Å². The average molecular weight is 301 g/mol. The molecule has 1 aromatic heterocycles. The SMILES string of the molecule is Cn1cnc(CNC(=O)NCC2(O)CCc3ccccc32)n1. The molecular weight excluding hydrogens is 282 g/mol. The summed E-state index contributed by atoms with van der Waals surface area (Å²) in [5, 5.41) is 20.2. The van der Waals surface area contributed by atoms with Gasteiger partial charge in [0.05, 0.1) is 13.1 Å². The lowest BCUT2D eigenvalue weighted by Gasteiger charge is -2.24. The molecule has 1 aliphatic rings. The maximum Gasteiger partial charge on any atom is 0.315 e. The Morgan fingerprint density at radius 1 is 1.41 bits per heavy atom. The van der Waals surface area contributed by atoms with Crippen LogP contribution in [0, 0.1) is 0 Å². The highest BCUT2D eigenvalue weighted by Gasteiger charge is 2.36. The maximum absolute atomic E-state index is 11.8. The fraction of sp³-hybridized carbons (Fsp3) is 0.400. The first-order valence-corrected chi connectivity index (χ1v) is 7.24. The van der Waals surface area contributed by atoms with Crippen molar-refractivity contribution in [2.45, 2.75) is 25.0 Å². The largest absolute Gasteiger partial charge is 0.383 e. The molecule has 0 aliphatic heterocycles. The molecule has 2 amide bonds. The van der Waals surface area contributed by atoms with Crippen molar-refractivity contribution in [3.8, 4) is 0 Å². The second-order valence-electron chi connectivity index (χ2n) is 5.56. The van der Waals surface area contributed by atoms with E-state index in [0.717, 1.165) is 17.5 Å². The normalized spacial score (nSPS) is 19.7. The lowest BCUT2D eigenvalue weighted by Crippen LogP contribution is -2.43. The Balaban J connectivity index is 1.53. The van der Waals surface area contributed by atoms with Crippen LogP contribution in [0.5, 0.6) is 0 Å². The molecule has 0 spiro atoms. The van der Waals surface area contributed by atoms with Crippen molar-refractivity contribution < 1.29 is 9.90 Å². The summed E-state index contributed by atoms with van der Waals surface area (Å²) in [6.45, 7) is 0.438. The fourth-order valence-electron chi connectivity index (χ4n) is 2.77. The number of carbonyl (C=O) groups excluding carboxylic acids is 1. The van der Waals surface area contributed by atoms with Gasteiger partial charge in [-0.05, 0) is 24.0 Å². The summed E-state index contributed by atoms with van der Waals surface area (Å²) in [5.41, 5.74) is 1.06. The van der Waals surface area contributed by atoms with Gasteiger partial charge in [-0.15, -0.1) is 0 Å². The highest BCUT2D eigenvalue weighted by Crippen LogP contribution is 2.35. The van der Waals surface area contributed by atoms with E-state index in [1.54, 1.807) is 18.1 Å². The Labute approximate surface area is 128 Å². The van der Waals surface area contributed by atoms with Crippen LogP contribution < -0.4 is 10.6 Å². The van der Waals surface area contributed by atoms with E-state index < -0.39 is 5.60 Å². The van der Waals surface area contributed by atoms with Crippen molar-refractivity contribution in [2.24, 2.45) is 7.05 Å². The average Bonchev–Trinajstić information content (AvgIpc) is 3.08. The first-order valence-electron chi connectivity index (χ1n) is 7.24. The van der Waals surface area contributed by atoms with E-state index in [1.807, 2.05) is 24.3 Å². The summed E-state index contributed by atoms with van der Waals surface area (Å²) < 4.78 is 1.58. The van der Waals surface area contributed by atoms with Crippen LogP contribution in [-0.4, -0.2) is 32.4 Å². The number of aryl methyl sites for hydroxylation is 2. The first-order chi connectivity index (χ1) is 10.6. The third kappa shape index (κ3) is 2.94. The molecule has 0 saturated heterocycles. The molecule has 116 valence electrons. The summed E-state index contributed by atoms with van der Waals surface area (Å²) in [6.07, 6.45) is 3.02. The van der Waals surface area contributed by atoms with Gasteiger partial charge in [0.2, 0.25) is 0 Å². The number of urea groups is 1. The number of benzene rings is 1.